The van der Waals surface area contributed by atoms with Crippen molar-refractivity contribution < 1.29 is 9.59 Å². The highest BCUT2D eigenvalue weighted by Crippen LogP contribution is 2.20. The van der Waals surface area contributed by atoms with Gasteiger partial charge in [-0.2, -0.15) is 5.10 Å². The fraction of sp³-hybridized carbons (Fsp3) is 0.333. The largest absolute Gasteiger partial charge is 0.353 e. The Morgan fingerprint density at radius 1 is 1.09 bits per heavy atom. The molecule has 0 spiro atoms. The zero-order chi connectivity index (χ0) is 22.3. The van der Waals surface area contributed by atoms with Crippen LogP contribution in [0.15, 0.2) is 54.6 Å². The van der Waals surface area contributed by atoms with Crippen molar-refractivity contribution >= 4 is 17.6 Å². The van der Waals surface area contributed by atoms with Crippen molar-refractivity contribution in [2.45, 2.75) is 38.6 Å². The number of H-pyrrole nitrogens is 1. The van der Waals surface area contributed by atoms with Gasteiger partial charge in [-0.1, -0.05) is 42.5 Å². The molecule has 1 fully saturated rings. The van der Waals surface area contributed by atoms with E-state index in [-0.39, 0.29) is 18.0 Å². The van der Waals surface area contributed by atoms with Gasteiger partial charge in [-0.3, -0.25) is 9.89 Å². The van der Waals surface area contributed by atoms with Crippen molar-refractivity contribution in [3.05, 3.63) is 66.0 Å². The lowest BCUT2D eigenvalue weighted by atomic mass is 10.0. The average molecular weight is 433 g/mol. The summed E-state index contributed by atoms with van der Waals surface area (Å²) < 4.78 is 0. The fourth-order valence-electron chi connectivity index (χ4n) is 3.84. The Balaban J connectivity index is 1.23. The number of anilines is 1. The average Bonchev–Trinajstić information content (AvgIpc) is 3.25. The van der Waals surface area contributed by atoms with Gasteiger partial charge in [0, 0.05) is 36.8 Å². The maximum atomic E-state index is 12.7. The van der Waals surface area contributed by atoms with E-state index < -0.39 is 0 Å². The zero-order valence-corrected chi connectivity index (χ0v) is 18.2. The van der Waals surface area contributed by atoms with Crippen LogP contribution in [0.3, 0.4) is 0 Å². The number of carbonyl (C=O) groups is 2. The van der Waals surface area contributed by atoms with Crippen molar-refractivity contribution in [3.8, 4) is 11.4 Å². The van der Waals surface area contributed by atoms with Gasteiger partial charge in [0.05, 0.1) is 0 Å². The first-order valence-electron chi connectivity index (χ1n) is 11.0. The van der Waals surface area contributed by atoms with Crippen LogP contribution in [0.25, 0.3) is 11.4 Å². The zero-order valence-electron chi connectivity index (χ0n) is 18.2. The first-order valence-corrected chi connectivity index (χ1v) is 11.0. The first kappa shape index (κ1) is 21.5. The maximum Gasteiger partial charge on any atom is 0.321 e. The second kappa shape index (κ2) is 10.1. The number of amides is 3. The van der Waals surface area contributed by atoms with E-state index in [1.807, 2.05) is 61.5 Å². The van der Waals surface area contributed by atoms with E-state index in [9.17, 15) is 9.59 Å². The summed E-state index contributed by atoms with van der Waals surface area (Å²) in [5, 5.41) is 13.1. The van der Waals surface area contributed by atoms with Crippen molar-refractivity contribution in [1.82, 2.24) is 25.4 Å². The van der Waals surface area contributed by atoms with Crippen LogP contribution in [-0.2, 0) is 11.2 Å². The number of hydrogen-bond donors (Lipinski definition) is 3. The predicted octanol–water partition coefficient (Wildman–Crippen LogP) is 3.53. The van der Waals surface area contributed by atoms with Gasteiger partial charge in [-0.05, 0) is 43.9 Å². The topological polar surface area (TPSA) is 103 Å². The summed E-state index contributed by atoms with van der Waals surface area (Å²) in [6, 6.07) is 17.5. The molecule has 0 radical (unpaired) electrons. The molecule has 2 aromatic carbocycles. The van der Waals surface area contributed by atoms with Crippen molar-refractivity contribution in [3.63, 3.8) is 0 Å². The molecule has 3 aromatic rings. The number of nitrogens with one attached hydrogen (secondary N) is 3. The minimum absolute atomic E-state index is 0.0655. The summed E-state index contributed by atoms with van der Waals surface area (Å²) in [6.07, 6.45) is 2.72. The minimum atomic E-state index is -0.137. The van der Waals surface area contributed by atoms with E-state index in [1.165, 1.54) is 0 Å². The van der Waals surface area contributed by atoms with Crippen LogP contribution in [0.1, 0.15) is 30.7 Å². The third kappa shape index (κ3) is 5.72. The number of hydrogen-bond acceptors (Lipinski definition) is 4. The number of aryl methyl sites for hydroxylation is 2. The van der Waals surface area contributed by atoms with Gasteiger partial charge in [-0.25, -0.2) is 9.78 Å². The molecule has 1 saturated heterocycles. The Kier molecular flexibility index (Phi) is 6.79. The maximum absolute atomic E-state index is 12.7. The van der Waals surface area contributed by atoms with Crippen LogP contribution in [0.5, 0.6) is 0 Å². The molecule has 32 heavy (non-hydrogen) atoms. The summed E-state index contributed by atoms with van der Waals surface area (Å²) in [7, 11) is 0. The number of urea groups is 1. The Morgan fingerprint density at radius 2 is 1.88 bits per heavy atom. The number of nitrogens with zero attached hydrogens (tertiary/aromatic N) is 3. The molecule has 1 aliphatic rings. The number of piperidine rings is 1. The summed E-state index contributed by atoms with van der Waals surface area (Å²) >= 11 is 0. The summed E-state index contributed by atoms with van der Waals surface area (Å²) in [5.74, 6) is 1.41. The number of aromatic amines is 1. The molecule has 3 amide bonds. The van der Waals surface area contributed by atoms with Gasteiger partial charge >= 0.3 is 6.03 Å². The lowest BCUT2D eigenvalue weighted by Gasteiger charge is -2.32. The van der Waals surface area contributed by atoms with Crippen LogP contribution in [0.2, 0.25) is 0 Å². The third-order valence-electron chi connectivity index (χ3n) is 5.60. The Bertz CT molecular complexity index is 1060. The Morgan fingerprint density at radius 3 is 2.59 bits per heavy atom. The third-order valence-corrected chi connectivity index (χ3v) is 5.60. The monoisotopic (exact) mass is 432 g/mol. The van der Waals surface area contributed by atoms with Gasteiger partial charge in [0.1, 0.15) is 5.82 Å². The van der Waals surface area contributed by atoms with Gasteiger partial charge < -0.3 is 15.5 Å². The SMILES string of the molecule is Cc1nc(-c2cccc(NC(=O)N3CCC(NC(=O)CCc4ccccc4)CC3)c2)n[nH]1. The lowest BCUT2D eigenvalue weighted by Crippen LogP contribution is -2.47. The molecule has 8 heteroatoms. The van der Waals surface area contributed by atoms with Gasteiger partial charge in [0.2, 0.25) is 5.91 Å². The minimum Gasteiger partial charge on any atom is -0.353 e. The van der Waals surface area contributed by atoms with Crippen LogP contribution >= 0.6 is 0 Å². The van der Waals surface area contributed by atoms with Crippen LogP contribution in [0, 0.1) is 6.92 Å². The second-order valence-corrected chi connectivity index (χ2v) is 8.07. The standard InChI is InChI=1S/C24H28N6O2/c1-17-25-23(29-28-17)19-8-5-9-21(16-19)27-24(32)30-14-12-20(13-15-30)26-22(31)11-10-18-6-3-2-4-7-18/h2-9,16,20H,10-15H2,1H3,(H,26,31)(H,27,32)(H,25,28,29). The molecular formula is C24H28N6O2. The molecule has 2 heterocycles. The van der Waals surface area contributed by atoms with E-state index in [4.69, 9.17) is 0 Å². The summed E-state index contributed by atoms with van der Waals surface area (Å²) in [6.45, 7) is 3.06. The fourth-order valence-corrected chi connectivity index (χ4v) is 3.84. The second-order valence-electron chi connectivity index (χ2n) is 8.07. The highest BCUT2D eigenvalue weighted by molar-refractivity contribution is 5.90. The lowest BCUT2D eigenvalue weighted by molar-refractivity contribution is -0.122. The molecular weight excluding hydrogens is 404 g/mol. The Labute approximate surface area is 187 Å². The molecule has 0 atom stereocenters. The highest BCUT2D eigenvalue weighted by atomic mass is 16.2. The number of rotatable bonds is 6. The first-order chi connectivity index (χ1) is 15.6. The van der Waals surface area contributed by atoms with Gasteiger partial charge in [-0.15, -0.1) is 0 Å². The number of benzene rings is 2. The van der Waals surface area contributed by atoms with E-state index >= 15 is 0 Å². The molecule has 8 nitrogen and oxygen atoms in total. The van der Waals surface area contributed by atoms with Crippen LogP contribution in [0.4, 0.5) is 10.5 Å². The molecule has 0 bridgehead atoms. The van der Waals surface area contributed by atoms with Crippen LogP contribution < -0.4 is 10.6 Å². The quantitative estimate of drug-likeness (QED) is 0.554. The summed E-state index contributed by atoms with van der Waals surface area (Å²) in [5.41, 5.74) is 2.70. The molecule has 0 aliphatic carbocycles. The molecule has 1 aliphatic heterocycles. The summed E-state index contributed by atoms with van der Waals surface area (Å²) in [4.78, 5) is 31.1. The molecule has 0 saturated carbocycles. The highest BCUT2D eigenvalue weighted by Gasteiger charge is 2.24. The molecule has 166 valence electrons. The Hall–Kier alpha value is -3.68. The van der Waals surface area contributed by atoms with Crippen molar-refractivity contribution in [2.75, 3.05) is 18.4 Å². The molecule has 0 unspecified atom stereocenters. The van der Waals surface area contributed by atoms with E-state index in [2.05, 4.69) is 25.8 Å². The van der Waals surface area contributed by atoms with E-state index in [0.29, 0.717) is 31.0 Å². The van der Waals surface area contributed by atoms with Gasteiger partial charge in [0.15, 0.2) is 5.82 Å². The predicted molar refractivity (Wildman–Crippen MR) is 123 cm³/mol. The van der Waals surface area contributed by atoms with Gasteiger partial charge in [0.25, 0.3) is 0 Å². The number of likely N-dealkylation sites (tertiary alicyclic amines) is 1. The van der Waals surface area contributed by atoms with E-state index in [0.717, 1.165) is 36.2 Å². The molecule has 4 rings (SSSR count). The number of carbonyl (C=O) groups excluding carboxylic acids is 2. The smallest absolute Gasteiger partial charge is 0.321 e. The molecule has 1 aromatic heterocycles. The van der Waals surface area contributed by atoms with Crippen molar-refractivity contribution in [1.29, 1.82) is 0 Å². The van der Waals surface area contributed by atoms with E-state index in [1.54, 1.807) is 4.90 Å². The number of aromatic nitrogens is 3. The normalized spacial score (nSPS) is 14.2. The van der Waals surface area contributed by atoms with Crippen LogP contribution in [-0.4, -0.2) is 51.2 Å². The van der Waals surface area contributed by atoms with Crippen molar-refractivity contribution in [2.24, 2.45) is 0 Å². The molecule has 3 N–H and O–H groups in total.